The molecule has 33 heavy (non-hydrogen) atoms. The number of carbonyl (C=O) groups is 1. The number of nitrogens with zero attached hydrogens (tertiary/aromatic N) is 2. The van der Waals surface area contributed by atoms with Crippen molar-refractivity contribution in [3.05, 3.63) is 52.7 Å². The van der Waals surface area contributed by atoms with Crippen LogP contribution in [0.25, 0.3) is 0 Å². The molecule has 2 aliphatic rings. The lowest BCUT2D eigenvalue weighted by atomic mass is 9.92. The quantitative estimate of drug-likeness (QED) is 0.651. The third-order valence-corrected chi connectivity index (χ3v) is 6.75. The zero-order valence-corrected chi connectivity index (χ0v) is 19.1. The number of aryl methyl sites for hydroxylation is 1. The maximum absolute atomic E-state index is 13.3. The predicted octanol–water partition coefficient (Wildman–Crippen LogP) is 5.11. The molecule has 0 saturated carbocycles. The molecule has 1 amide bonds. The average molecular weight is 461 g/mol. The first-order chi connectivity index (χ1) is 15.7. The minimum absolute atomic E-state index is 0.137. The van der Waals surface area contributed by atoms with Crippen molar-refractivity contribution in [1.82, 2.24) is 10.3 Å². The summed E-state index contributed by atoms with van der Waals surface area (Å²) in [5.74, 6) is 0.325. The first-order valence-corrected chi connectivity index (χ1v) is 11.7. The van der Waals surface area contributed by atoms with Crippen LogP contribution in [-0.4, -0.2) is 30.5 Å². The number of carbonyl (C=O) groups excluding carboxylic acids is 1. The fourth-order valence-corrected chi connectivity index (χ4v) is 4.64. The number of benzene rings is 1. The van der Waals surface area contributed by atoms with Crippen LogP contribution in [0, 0.1) is 5.92 Å². The minimum atomic E-state index is -4.51. The van der Waals surface area contributed by atoms with Crippen LogP contribution in [-0.2, 0) is 23.9 Å². The molecule has 1 atom stereocenters. The van der Waals surface area contributed by atoms with E-state index in [0.717, 1.165) is 49.5 Å². The summed E-state index contributed by atoms with van der Waals surface area (Å²) in [6, 6.07) is 8.45. The first kappa shape index (κ1) is 23.4. The number of aromatic nitrogens is 1. The molecular weight excluding hydrogens is 429 g/mol. The van der Waals surface area contributed by atoms with Crippen molar-refractivity contribution in [1.29, 1.82) is 0 Å². The van der Waals surface area contributed by atoms with Crippen molar-refractivity contribution in [3.8, 4) is 0 Å². The van der Waals surface area contributed by atoms with Crippen molar-refractivity contribution in [2.45, 2.75) is 58.2 Å². The van der Waals surface area contributed by atoms with Gasteiger partial charge in [0, 0.05) is 37.4 Å². The highest BCUT2D eigenvalue weighted by Gasteiger charge is 2.34. The number of rotatable bonds is 5. The third kappa shape index (κ3) is 5.25. The number of pyridine rings is 1. The molecule has 178 valence electrons. The van der Waals surface area contributed by atoms with E-state index < -0.39 is 11.9 Å². The fourth-order valence-electron chi connectivity index (χ4n) is 4.64. The summed E-state index contributed by atoms with van der Waals surface area (Å²) in [4.78, 5) is 18.9. The van der Waals surface area contributed by atoms with Gasteiger partial charge in [-0.25, -0.2) is 4.98 Å². The van der Waals surface area contributed by atoms with E-state index in [0.29, 0.717) is 30.4 Å². The molecule has 2 aromatic rings. The molecule has 1 aromatic heterocycles. The zero-order valence-electron chi connectivity index (χ0n) is 19.1. The van der Waals surface area contributed by atoms with Gasteiger partial charge in [-0.3, -0.25) is 4.79 Å². The van der Waals surface area contributed by atoms with E-state index in [9.17, 15) is 18.0 Å². The van der Waals surface area contributed by atoms with E-state index in [-0.39, 0.29) is 18.4 Å². The van der Waals surface area contributed by atoms with Crippen LogP contribution < -0.4 is 15.5 Å². The van der Waals surface area contributed by atoms with Gasteiger partial charge in [-0.15, -0.1) is 0 Å². The molecule has 8 heteroatoms. The monoisotopic (exact) mass is 460 g/mol. The van der Waals surface area contributed by atoms with Gasteiger partial charge in [0.2, 0.25) is 5.91 Å². The molecule has 0 spiro atoms. The Labute approximate surface area is 192 Å². The summed E-state index contributed by atoms with van der Waals surface area (Å²) in [5.41, 5.74) is 2.89. The Hall–Kier alpha value is -2.77. The van der Waals surface area contributed by atoms with Crippen molar-refractivity contribution in [3.63, 3.8) is 0 Å². The van der Waals surface area contributed by atoms with E-state index in [1.54, 1.807) is 0 Å². The topological polar surface area (TPSA) is 57.3 Å². The molecule has 2 aliphatic heterocycles. The van der Waals surface area contributed by atoms with Gasteiger partial charge in [-0.2, -0.15) is 13.2 Å². The standard InChI is InChI=1S/C25H31F3N4O/c1-16-10-13-32(14-11-16)23-19(8-9-21(31-23)25(26,27)28)15-30-24(33)17(2)20-7-3-5-18-6-4-12-29-22(18)20/h3,5,7-9,16-17,29H,4,6,10-15H2,1-2H3,(H,30,33). The summed E-state index contributed by atoms with van der Waals surface area (Å²) in [7, 11) is 0. The Morgan fingerprint density at radius 2 is 2.00 bits per heavy atom. The van der Waals surface area contributed by atoms with Crippen molar-refractivity contribution >= 4 is 17.4 Å². The number of piperidine rings is 1. The molecule has 2 N–H and O–H groups in total. The summed E-state index contributed by atoms with van der Waals surface area (Å²) in [6.07, 6.45) is -0.636. The average Bonchev–Trinajstić information content (AvgIpc) is 2.81. The molecular formula is C25H31F3N4O. The lowest BCUT2D eigenvalue weighted by Gasteiger charge is -2.33. The molecule has 0 aliphatic carbocycles. The number of fused-ring (bicyclic) bond motifs is 1. The largest absolute Gasteiger partial charge is 0.433 e. The molecule has 0 bridgehead atoms. The molecule has 1 saturated heterocycles. The predicted molar refractivity (Wildman–Crippen MR) is 123 cm³/mol. The van der Waals surface area contributed by atoms with Crippen LogP contribution in [0.15, 0.2) is 30.3 Å². The van der Waals surface area contributed by atoms with Crippen LogP contribution in [0.2, 0.25) is 0 Å². The Morgan fingerprint density at radius 3 is 2.73 bits per heavy atom. The van der Waals surface area contributed by atoms with Crippen LogP contribution in [0.1, 0.15) is 61.4 Å². The van der Waals surface area contributed by atoms with Crippen molar-refractivity contribution < 1.29 is 18.0 Å². The van der Waals surface area contributed by atoms with E-state index in [1.165, 1.54) is 11.6 Å². The second-order valence-corrected chi connectivity index (χ2v) is 9.20. The first-order valence-electron chi connectivity index (χ1n) is 11.7. The van der Waals surface area contributed by atoms with E-state index in [1.807, 2.05) is 24.0 Å². The van der Waals surface area contributed by atoms with Gasteiger partial charge >= 0.3 is 6.18 Å². The summed E-state index contributed by atoms with van der Waals surface area (Å²) >= 11 is 0. The van der Waals surface area contributed by atoms with Crippen LogP contribution in [0.5, 0.6) is 0 Å². The molecule has 1 unspecified atom stereocenters. The van der Waals surface area contributed by atoms with Gasteiger partial charge < -0.3 is 15.5 Å². The smallest absolute Gasteiger partial charge is 0.385 e. The Bertz CT molecular complexity index is 1000. The second kappa shape index (κ2) is 9.61. The van der Waals surface area contributed by atoms with Crippen LogP contribution in [0.3, 0.4) is 0 Å². The highest BCUT2D eigenvalue weighted by Crippen LogP contribution is 2.33. The molecule has 4 rings (SSSR count). The molecule has 1 fully saturated rings. The fraction of sp³-hybridized carbons (Fsp3) is 0.520. The lowest BCUT2D eigenvalue weighted by Crippen LogP contribution is -2.35. The van der Waals surface area contributed by atoms with Crippen LogP contribution in [0.4, 0.5) is 24.7 Å². The minimum Gasteiger partial charge on any atom is -0.385 e. The Kier molecular flexibility index (Phi) is 6.81. The third-order valence-electron chi connectivity index (χ3n) is 6.75. The van der Waals surface area contributed by atoms with Gasteiger partial charge in [-0.1, -0.05) is 31.2 Å². The number of para-hydroxylation sites is 1. The number of amides is 1. The number of alkyl halides is 3. The van der Waals surface area contributed by atoms with Gasteiger partial charge in [0.25, 0.3) is 0 Å². The van der Waals surface area contributed by atoms with E-state index in [2.05, 4.69) is 28.6 Å². The van der Waals surface area contributed by atoms with E-state index >= 15 is 0 Å². The SMILES string of the molecule is CC1CCN(c2nc(C(F)(F)F)ccc2CNC(=O)C(C)c2cccc3c2NCCC3)CC1. The highest BCUT2D eigenvalue weighted by atomic mass is 19.4. The number of halogens is 3. The Balaban J connectivity index is 1.52. The highest BCUT2D eigenvalue weighted by molar-refractivity contribution is 5.85. The van der Waals surface area contributed by atoms with Gasteiger partial charge in [0.1, 0.15) is 11.5 Å². The summed E-state index contributed by atoms with van der Waals surface area (Å²) < 4.78 is 40.0. The maximum Gasteiger partial charge on any atom is 0.433 e. The van der Waals surface area contributed by atoms with Gasteiger partial charge in [-0.05, 0) is 55.7 Å². The lowest BCUT2D eigenvalue weighted by molar-refractivity contribution is -0.141. The zero-order chi connectivity index (χ0) is 23.6. The van der Waals surface area contributed by atoms with Crippen LogP contribution >= 0.6 is 0 Å². The second-order valence-electron chi connectivity index (χ2n) is 9.20. The number of hydrogen-bond acceptors (Lipinski definition) is 4. The summed E-state index contributed by atoms with van der Waals surface area (Å²) in [6.45, 7) is 6.35. The van der Waals surface area contributed by atoms with E-state index in [4.69, 9.17) is 0 Å². The molecule has 3 heterocycles. The Morgan fingerprint density at radius 1 is 1.24 bits per heavy atom. The van der Waals surface area contributed by atoms with Gasteiger partial charge in [0.15, 0.2) is 0 Å². The van der Waals surface area contributed by atoms with Gasteiger partial charge in [0.05, 0.1) is 5.92 Å². The molecule has 1 aromatic carbocycles. The number of anilines is 2. The number of nitrogens with one attached hydrogen (secondary N) is 2. The van der Waals surface area contributed by atoms with Crippen molar-refractivity contribution in [2.24, 2.45) is 5.92 Å². The maximum atomic E-state index is 13.3. The normalized spacial score (nSPS) is 17.8. The molecule has 5 nitrogen and oxygen atoms in total. The molecule has 0 radical (unpaired) electrons. The number of hydrogen-bond donors (Lipinski definition) is 2. The van der Waals surface area contributed by atoms with Crippen molar-refractivity contribution in [2.75, 3.05) is 29.9 Å². The summed E-state index contributed by atoms with van der Waals surface area (Å²) in [5, 5.41) is 6.35.